The van der Waals surface area contributed by atoms with Crippen molar-refractivity contribution >= 4 is 15.9 Å². The number of sulfonamides is 1. The Labute approximate surface area is 143 Å². The van der Waals surface area contributed by atoms with E-state index in [1.807, 2.05) is 38.1 Å². The predicted molar refractivity (Wildman–Crippen MR) is 94.4 cm³/mol. The molecule has 0 bridgehead atoms. The van der Waals surface area contributed by atoms with Crippen molar-refractivity contribution in [3.8, 4) is 0 Å². The van der Waals surface area contributed by atoms with Crippen molar-refractivity contribution in [1.29, 1.82) is 0 Å². The zero-order chi connectivity index (χ0) is 17.9. The third-order valence-electron chi connectivity index (χ3n) is 4.14. The standard InChI is InChI=1S/C18H22N2O3S/c1-13-5-7-15(8-6-13)14(2)20(4)18(21)16-9-11-17(12-10-16)24(22,23)19-3/h5-12,14,19H,1-4H3. The Kier molecular flexibility index (Phi) is 5.41. The second-order valence-electron chi connectivity index (χ2n) is 5.73. The van der Waals surface area contributed by atoms with Gasteiger partial charge in [-0.05, 0) is 50.7 Å². The molecule has 0 radical (unpaired) electrons. The number of aryl methyl sites for hydroxylation is 1. The summed E-state index contributed by atoms with van der Waals surface area (Å²) in [5.41, 5.74) is 2.67. The van der Waals surface area contributed by atoms with Crippen LogP contribution >= 0.6 is 0 Å². The lowest BCUT2D eigenvalue weighted by atomic mass is 10.0. The smallest absolute Gasteiger partial charge is 0.254 e. The summed E-state index contributed by atoms with van der Waals surface area (Å²) in [7, 11) is -0.405. The van der Waals surface area contributed by atoms with Crippen LogP contribution in [0.4, 0.5) is 0 Å². The average molecular weight is 346 g/mol. The highest BCUT2D eigenvalue weighted by Gasteiger charge is 2.20. The number of nitrogens with zero attached hydrogens (tertiary/aromatic N) is 1. The first-order chi connectivity index (χ1) is 11.3. The van der Waals surface area contributed by atoms with E-state index in [9.17, 15) is 13.2 Å². The summed E-state index contributed by atoms with van der Waals surface area (Å²) in [6, 6.07) is 13.9. The van der Waals surface area contributed by atoms with Gasteiger partial charge in [-0.3, -0.25) is 4.79 Å². The van der Waals surface area contributed by atoms with E-state index in [-0.39, 0.29) is 16.8 Å². The molecule has 0 aromatic heterocycles. The molecule has 0 fully saturated rings. The van der Waals surface area contributed by atoms with Crippen LogP contribution in [0, 0.1) is 6.92 Å². The molecular formula is C18H22N2O3S. The van der Waals surface area contributed by atoms with Gasteiger partial charge in [0.2, 0.25) is 10.0 Å². The predicted octanol–water partition coefficient (Wildman–Crippen LogP) is 2.74. The Morgan fingerprint density at radius 1 is 1.04 bits per heavy atom. The van der Waals surface area contributed by atoms with E-state index in [1.54, 1.807) is 11.9 Å². The highest BCUT2D eigenvalue weighted by molar-refractivity contribution is 7.89. The number of rotatable bonds is 5. The molecule has 0 aliphatic heterocycles. The second-order valence-corrected chi connectivity index (χ2v) is 7.62. The number of amides is 1. The van der Waals surface area contributed by atoms with Crippen molar-refractivity contribution in [2.75, 3.05) is 14.1 Å². The van der Waals surface area contributed by atoms with Gasteiger partial charge in [-0.1, -0.05) is 29.8 Å². The maximum atomic E-state index is 12.6. The molecule has 1 unspecified atom stereocenters. The summed E-state index contributed by atoms with van der Waals surface area (Å²) in [6.45, 7) is 3.98. The first-order valence-corrected chi connectivity index (χ1v) is 9.12. The molecule has 2 rings (SSSR count). The summed E-state index contributed by atoms with van der Waals surface area (Å²) in [5, 5.41) is 0. The molecule has 0 saturated heterocycles. The molecule has 1 atom stereocenters. The fourth-order valence-electron chi connectivity index (χ4n) is 2.34. The van der Waals surface area contributed by atoms with Crippen LogP contribution in [0.2, 0.25) is 0 Å². The third-order valence-corrected chi connectivity index (χ3v) is 5.57. The minimum atomic E-state index is -3.50. The maximum Gasteiger partial charge on any atom is 0.254 e. The van der Waals surface area contributed by atoms with Gasteiger partial charge in [0.1, 0.15) is 0 Å². The summed E-state index contributed by atoms with van der Waals surface area (Å²) in [4.78, 5) is 14.4. The van der Waals surface area contributed by atoms with Crippen molar-refractivity contribution in [3.63, 3.8) is 0 Å². The van der Waals surface area contributed by atoms with E-state index in [0.29, 0.717) is 5.56 Å². The lowest BCUT2D eigenvalue weighted by Crippen LogP contribution is -2.29. The monoisotopic (exact) mass is 346 g/mol. The summed E-state index contributed by atoms with van der Waals surface area (Å²) >= 11 is 0. The van der Waals surface area contributed by atoms with Gasteiger partial charge in [0.05, 0.1) is 10.9 Å². The molecule has 2 aromatic carbocycles. The average Bonchev–Trinajstić information content (AvgIpc) is 2.60. The minimum absolute atomic E-state index is 0.0844. The fraction of sp³-hybridized carbons (Fsp3) is 0.278. The molecule has 0 aliphatic carbocycles. The van der Waals surface area contributed by atoms with Crippen LogP contribution in [-0.2, 0) is 10.0 Å². The highest BCUT2D eigenvalue weighted by atomic mass is 32.2. The molecule has 0 aliphatic rings. The van der Waals surface area contributed by atoms with Gasteiger partial charge in [-0.15, -0.1) is 0 Å². The summed E-state index contributed by atoms with van der Waals surface area (Å²) in [6.07, 6.45) is 0. The second kappa shape index (κ2) is 7.15. The molecule has 5 nitrogen and oxygen atoms in total. The van der Waals surface area contributed by atoms with E-state index in [0.717, 1.165) is 5.56 Å². The van der Waals surface area contributed by atoms with Crippen molar-refractivity contribution in [2.24, 2.45) is 0 Å². The lowest BCUT2D eigenvalue weighted by Gasteiger charge is -2.25. The highest BCUT2D eigenvalue weighted by Crippen LogP contribution is 2.21. The minimum Gasteiger partial charge on any atom is -0.335 e. The largest absolute Gasteiger partial charge is 0.335 e. The van der Waals surface area contributed by atoms with Crippen LogP contribution in [0.25, 0.3) is 0 Å². The lowest BCUT2D eigenvalue weighted by molar-refractivity contribution is 0.0742. The molecule has 0 heterocycles. The van der Waals surface area contributed by atoms with Gasteiger partial charge in [0.15, 0.2) is 0 Å². The third kappa shape index (κ3) is 3.83. The number of benzene rings is 2. The Balaban J connectivity index is 2.20. The van der Waals surface area contributed by atoms with E-state index < -0.39 is 10.0 Å². The van der Waals surface area contributed by atoms with Crippen molar-refractivity contribution in [1.82, 2.24) is 9.62 Å². The Morgan fingerprint density at radius 2 is 1.58 bits per heavy atom. The summed E-state index contributed by atoms with van der Waals surface area (Å²) in [5.74, 6) is -0.156. The molecule has 2 aromatic rings. The van der Waals surface area contributed by atoms with Crippen molar-refractivity contribution in [3.05, 3.63) is 65.2 Å². The van der Waals surface area contributed by atoms with Crippen molar-refractivity contribution in [2.45, 2.75) is 24.8 Å². The number of carbonyl (C=O) groups excluding carboxylic acids is 1. The Morgan fingerprint density at radius 3 is 2.08 bits per heavy atom. The van der Waals surface area contributed by atoms with Crippen LogP contribution in [0.3, 0.4) is 0 Å². The molecular weight excluding hydrogens is 324 g/mol. The first kappa shape index (κ1) is 18.2. The first-order valence-electron chi connectivity index (χ1n) is 7.63. The number of hydrogen-bond acceptors (Lipinski definition) is 3. The molecule has 0 spiro atoms. The SMILES string of the molecule is CNS(=O)(=O)c1ccc(C(=O)N(C)C(C)c2ccc(C)cc2)cc1. The fourth-order valence-corrected chi connectivity index (χ4v) is 3.07. The molecule has 24 heavy (non-hydrogen) atoms. The molecule has 1 N–H and O–H groups in total. The maximum absolute atomic E-state index is 12.6. The molecule has 6 heteroatoms. The van der Waals surface area contributed by atoms with Gasteiger partial charge in [-0.25, -0.2) is 13.1 Å². The van der Waals surface area contributed by atoms with E-state index in [2.05, 4.69) is 4.72 Å². The van der Waals surface area contributed by atoms with Gasteiger partial charge >= 0.3 is 0 Å². The zero-order valence-corrected chi connectivity index (χ0v) is 15.1. The van der Waals surface area contributed by atoms with Crippen LogP contribution in [0.1, 0.15) is 34.5 Å². The number of hydrogen-bond donors (Lipinski definition) is 1. The number of carbonyl (C=O) groups is 1. The number of nitrogens with one attached hydrogen (secondary N) is 1. The van der Waals surface area contributed by atoms with Gasteiger partial charge in [-0.2, -0.15) is 0 Å². The Bertz CT molecular complexity index is 812. The van der Waals surface area contributed by atoms with Crippen LogP contribution < -0.4 is 4.72 Å². The summed E-state index contributed by atoms with van der Waals surface area (Å²) < 4.78 is 25.7. The van der Waals surface area contributed by atoms with Gasteiger partial charge < -0.3 is 4.90 Å². The zero-order valence-electron chi connectivity index (χ0n) is 14.3. The Hall–Kier alpha value is -2.18. The van der Waals surface area contributed by atoms with E-state index in [1.165, 1.54) is 36.9 Å². The van der Waals surface area contributed by atoms with E-state index in [4.69, 9.17) is 0 Å². The van der Waals surface area contributed by atoms with Crippen molar-refractivity contribution < 1.29 is 13.2 Å². The van der Waals surface area contributed by atoms with Gasteiger partial charge in [0, 0.05) is 12.6 Å². The van der Waals surface area contributed by atoms with Crippen LogP contribution in [0.5, 0.6) is 0 Å². The quantitative estimate of drug-likeness (QED) is 0.905. The normalized spacial score (nSPS) is 12.7. The van der Waals surface area contributed by atoms with E-state index >= 15 is 0 Å². The topological polar surface area (TPSA) is 66.5 Å². The van der Waals surface area contributed by atoms with Gasteiger partial charge in [0.25, 0.3) is 5.91 Å². The molecule has 0 saturated carbocycles. The molecule has 1 amide bonds. The van der Waals surface area contributed by atoms with Crippen LogP contribution in [-0.4, -0.2) is 33.3 Å². The molecule has 128 valence electrons. The van der Waals surface area contributed by atoms with Crippen LogP contribution in [0.15, 0.2) is 53.4 Å².